The maximum atomic E-state index is 13.0. The molecule has 32 heavy (non-hydrogen) atoms. The van der Waals surface area contributed by atoms with Crippen molar-refractivity contribution in [2.24, 2.45) is 4.99 Å². The van der Waals surface area contributed by atoms with E-state index >= 15 is 0 Å². The summed E-state index contributed by atoms with van der Waals surface area (Å²) in [5, 5.41) is 2.98. The first-order valence-corrected chi connectivity index (χ1v) is 12.5. The summed E-state index contributed by atoms with van der Waals surface area (Å²) in [5.41, 5.74) is 2.50. The Kier molecular flexibility index (Phi) is 8.04. The van der Waals surface area contributed by atoms with Crippen LogP contribution in [-0.2, 0) is 32.7 Å². The largest absolute Gasteiger partial charge is 0.374 e. The van der Waals surface area contributed by atoms with Crippen molar-refractivity contribution in [2.45, 2.75) is 70.2 Å². The topological polar surface area (TPSA) is 96.9 Å². The number of amidine groups is 1. The predicted molar refractivity (Wildman–Crippen MR) is 125 cm³/mol. The average molecular weight is 458 g/mol. The van der Waals surface area contributed by atoms with Crippen LogP contribution in [0.4, 0.5) is 0 Å². The third-order valence-corrected chi connectivity index (χ3v) is 6.62. The van der Waals surface area contributed by atoms with Crippen molar-refractivity contribution in [3.05, 3.63) is 65.2 Å². The van der Waals surface area contributed by atoms with E-state index in [1.807, 2.05) is 45.0 Å². The number of fused-ring (bicyclic) bond motifs is 1. The normalized spacial score (nSPS) is 16.6. The van der Waals surface area contributed by atoms with Crippen LogP contribution in [0.1, 0.15) is 56.7 Å². The predicted octanol–water partition coefficient (Wildman–Crippen LogP) is 3.53. The highest BCUT2D eigenvalue weighted by Gasteiger charge is 2.31. The van der Waals surface area contributed by atoms with Gasteiger partial charge in [0.15, 0.2) is 0 Å². The first-order chi connectivity index (χ1) is 15.3. The van der Waals surface area contributed by atoms with E-state index in [2.05, 4.69) is 15.0 Å². The van der Waals surface area contributed by atoms with Gasteiger partial charge in [-0.15, -0.1) is 0 Å². The first-order valence-electron chi connectivity index (χ1n) is 11.0. The molecule has 0 saturated carbocycles. The maximum Gasteiger partial charge on any atom is 0.263 e. The summed E-state index contributed by atoms with van der Waals surface area (Å²) < 4.78 is 33.0. The van der Waals surface area contributed by atoms with E-state index in [0.29, 0.717) is 25.1 Å². The van der Waals surface area contributed by atoms with Crippen LogP contribution >= 0.6 is 0 Å². The van der Waals surface area contributed by atoms with Crippen LogP contribution in [0, 0.1) is 0 Å². The molecule has 0 aromatic heterocycles. The SMILES string of the molecule is CCCCC(N=C1NS(=O)(=O)c2ccccc21)C(=O)NCc1ccccc1COC(C)C. The fourth-order valence-corrected chi connectivity index (χ4v) is 4.70. The molecule has 1 amide bonds. The molecule has 7 nitrogen and oxygen atoms in total. The molecule has 1 aliphatic heterocycles. The van der Waals surface area contributed by atoms with Gasteiger partial charge in [0.05, 0.1) is 17.6 Å². The molecule has 1 aliphatic rings. The monoisotopic (exact) mass is 457 g/mol. The Morgan fingerprint density at radius 3 is 2.50 bits per heavy atom. The molecule has 8 heteroatoms. The highest BCUT2D eigenvalue weighted by atomic mass is 32.2. The molecule has 2 aromatic carbocycles. The van der Waals surface area contributed by atoms with Gasteiger partial charge >= 0.3 is 0 Å². The molecule has 1 atom stereocenters. The van der Waals surface area contributed by atoms with Crippen LogP contribution in [0.3, 0.4) is 0 Å². The molecule has 2 N–H and O–H groups in total. The van der Waals surface area contributed by atoms with E-state index in [0.717, 1.165) is 24.0 Å². The van der Waals surface area contributed by atoms with Crippen LogP contribution in [-0.4, -0.2) is 32.3 Å². The van der Waals surface area contributed by atoms with E-state index < -0.39 is 16.1 Å². The summed E-state index contributed by atoms with van der Waals surface area (Å²) >= 11 is 0. The van der Waals surface area contributed by atoms with Gasteiger partial charge in [-0.05, 0) is 43.5 Å². The lowest BCUT2D eigenvalue weighted by Crippen LogP contribution is -2.35. The molecule has 0 bridgehead atoms. The summed E-state index contributed by atoms with van der Waals surface area (Å²) in [5.74, 6) is -0.00306. The minimum Gasteiger partial charge on any atom is -0.374 e. The van der Waals surface area contributed by atoms with Crippen molar-refractivity contribution >= 4 is 21.8 Å². The molecule has 0 saturated heterocycles. The van der Waals surface area contributed by atoms with Crippen molar-refractivity contribution in [1.82, 2.24) is 10.0 Å². The molecule has 1 unspecified atom stereocenters. The second-order valence-electron chi connectivity index (χ2n) is 8.08. The van der Waals surface area contributed by atoms with Crippen LogP contribution in [0.15, 0.2) is 58.4 Å². The molecule has 172 valence electrons. The molecule has 0 spiro atoms. The van der Waals surface area contributed by atoms with Gasteiger partial charge in [-0.25, -0.2) is 8.42 Å². The van der Waals surface area contributed by atoms with Crippen LogP contribution < -0.4 is 10.0 Å². The second-order valence-corrected chi connectivity index (χ2v) is 9.73. The lowest BCUT2D eigenvalue weighted by atomic mass is 10.1. The highest BCUT2D eigenvalue weighted by molar-refractivity contribution is 7.90. The Bertz CT molecular complexity index is 1080. The number of carbonyl (C=O) groups is 1. The van der Waals surface area contributed by atoms with E-state index in [9.17, 15) is 13.2 Å². The Hall–Kier alpha value is -2.71. The summed E-state index contributed by atoms with van der Waals surface area (Å²) in [7, 11) is -3.65. The smallest absolute Gasteiger partial charge is 0.263 e. The number of carbonyl (C=O) groups excluding carboxylic acids is 1. The zero-order valence-electron chi connectivity index (χ0n) is 18.8. The van der Waals surface area contributed by atoms with Gasteiger partial charge in [0.2, 0.25) is 5.91 Å². The van der Waals surface area contributed by atoms with Gasteiger partial charge in [0, 0.05) is 12.1 Å². The van der Waals surface area contributed by atoms with Gasteiger partial charge in [-0.1, -0.05) is 56.2 Å². The average Bonchev–Trinajstić information content (AvgIpc) is 3.04. The number of hydrogen-bond donors (Lipinski definition) is 2. The lowest BCUT2D eigenvalue weighted by molar-refractivity contribution is -0.122. The van der Waals surface area contributed by atoms with E-state index in [1.165, 1.54) is 6.07 Å². The fraction of sp³-hybridized carbons (Fsp3) is 0.417. The maximum absolute atomic E-state index is 13.0. The molecular weight excluding hydrogens is 426 g/mol. The fourth-order valence-electron chi connectivity index (χ4n) is 3.46. The molecule has 2 aromatic rings. The van der Waals surface area contributed by atoms with Crippen LogP contribution in [0.2, 0.25) is 0 Å². The second kappa shape index (κ2) is 10.7. The van der Waals surface area contributed by atoms with Crippen molar-refractivity contribution in [1.29, 1.82) is 0 Å². The van der Waals surface area contributed by atoms with E-state index in [1.54, 1.807) is 18.2 Å². The zero-order valence-corrected chi connectivity index (χ0v) is 19.6. The number of unbranched alkanes of at least 4 members (excludes halogenated alkanes) is 1. The summed E-state index contributed by atoms with van der Waals surface area (Å²) in [4.78, 5) is 17.8. The first kappa shape index (κ1) is 23.9. The molecule has 3 rings (SSSR count). The summed E-state index contributed by atoms with van der Waals surface area (Å²) in [6.45, 7) is 6.84. The number of sulfonamides is 1. The molecular formula is C24H31N3O4S. The minimum atomic E-state index is -3.65. The zero-order chi connectivity index (χ0) is 23.1. The molecule has 0 aliphatic carbocycles. The van der Waals surface area contributed by atoms with Crippen molar-refractivity contribution < 1.29 is 17.9 Å². The van der Waals surface area contributed by atoms with Gasteiger partial charge in [-0.3, -0.25) is 14.5 Å². The number of nitrogens with zero attached hydrogens (tertiary/aromatic N) is 1. The lowest BCUT2D eigenvalue weighted by Gasteiger charge is -2.16. The van der Waals surface area contributed by atoms with Crippen molar-refractivity contribution in [3.8, 4) is 0 Å². The summed E-state index contributed by atoms with van der Waals surface area (Å²) in [6.07, 6.45) is 2.37. The number of nitrogens with one attached hydrogen (secondary N) is 2. The van der Waals surface area contributed by atoms with Gasteiger partial charge < -0.3 is 10.1 Å². The standard InChI is InChI=1S/C24H31N3O4S/c1-4-5-13-21(26-23-20-12-8-9-14-22(20)32(29,30)27-23)24(28)25-15-18-10-6-7-11-19(18)16-31-17(2)3/h6-12,14,17,21H,4-5,13,15-16H2,1-3H3,(H,25,28)(H,26,27). The van der Waals surface area contributed by atoms with Gasteiger partial charge in [-0.2, -0.15) is 0 Å². The van der Waals surface area contributed by atoms with E-state index in [4.69, 9.17) is 4.74 Å². The molecule has 0 radical (unpaired) electrons. The number of amides is 1. The number of benzene rings is 2. The molecule has 1 heterocycles. The molecule has 0 fully saturated rings. The number of ether oxygens (including phenoxy) is 1. The number of aliphatic imine (C=N–C) groups is 1. The number of hydrogen-bond acceptors (Lipinski definition) is 5. The van der Waals surface area contributed by atoms with E-state index in [-0.39, 0.29) is 22.7 Å². The Morgan fingerprint density at radius 2 is 1.78 bits per heavy atom. The quantitative estimate of drug-likeness (QED) is 0.570. The van der Waals surface area contributed by atoms with Crippen molar-refractivity contribution in [2.75, 3.05) is 0 Å². The van der Waals surface area contributed by atoms with Crippen molar-refractivity contribution in [3.63, 3.8) is 0 Å². The Balaban J connectivity index is 1.77. The summed E-state index contributed by atoms with van der Waals surface area (Å²) in [6, 6.07) is 13.8. The van der Waals surface area contributed by atoms with Gasteiger partial charge in [0.25, 0.3) is 10.0 Å². The number of rotatable bonds is 10. The third kappa shape index (κ3) is 5.95. The van der Waals surface area contributed by atoms with Gasteiger partial charge in [0.1, 0.15) is 11.9 Å². The third-order valence-electron chi connectivity index (χ3n) is 5.23. The Morgan fingerprint density at radius 1 is 1.09 bits per heavy atom. The van der Waals surface area contributed by atoms with Crippen LogP contribution in [0.5, 0.6) is 0 Å². The Labute approximate surface area is 190 Å². The highest BCUT2D eigenvalue weighted by Crippen LogP contribution is 2.23. The minimum absolute atomic E-state index is 0.116. The van der Waals surface area contributed by atoms with Crippen LogP contribution in [0.25, 0.3) is 0 Å².